The smallest absolute Gasteiger partial charge is 0.277 e. The number of carbonyl (C=O) groups is 1. The normalized spacial score (nSPS) is 12.1. The van der Waals surface area contributed by atoms with Gasteiger partial charge in [-0.1, -0.05) is 11.8 Å². The summed E-state index contributed by atoms with van der Waals surface area (Å²) in [5.74, 6) is 0.510. The van der Waals surface area contributed by atoms with Crippen molar-refractivity contribution < 1.29 is 9.21 Å². The molecule has 1 unspecified atom stereocenters. The number of hydrogen-bond acceptors (Lipinski definition) is 6. The quantitative estimate of drug-likeness (QED) is 0.763. The number of amides is 1. The predicted molar refractivity (Wildman–Crippen MR) is 80.8 cm³/mol. The predicted octanol–water partition coefficient (Wildman–Crippen LogP) is 2.48. The average molecular weight is 306 g/mol. The fraction of sp³-hybridized carbons (Fsp3) is 0.429. The number of pyridine rings is 1. The van der Waals surface area contributed by atoms with Crippen molar-refractivity contribution in [2.75, 3.05) is 13.1 Å². The van der Waals surface area contributed by atoms with Crippen LogP contribution >= 0.6 is 11.8 Å². The van der Waals surface area contributed by atoms with Crippen molar-refractivity contribution in [3.63, 3.8) is 0 Å². The molecule has 0 saturated heterocycles. The second-order valence-electron chi connectivity index (χ2n) is 4.38. The van der Waals surface area contributed by atoms with E-state index in [1.165, 1.54) is 11.8 Å². The molecule has 0 saturated carbocycles. The second kappa shape index (κ2) is 7.21. The second-order valence-corrected chi connectivity index (χ2v) is 5.67. The molecule has 0 N–H and O–H groups in total. The molecule has 0 aliphatic carbocycles. The van der Waals surface area contributed by atoms with Gasteiger partial charge < -0.3 is 9.32 Å². The Morgan fingerprint density at radius 1 is 1.29 bits per heavy atom. The van der Waals surface area contributed by atoms with E-state index in [2.05, 4.69) is 15.2 Å². The summed E-state index contributed by atoms with van der Waals surface area (Å²) in [4.78, 5) is 17.9. The molecule has 0 spiro atoms. The third kappa shape index (κ3) is 3.81. The molecule has 7 heteroatoms. The largest absolute Gasteiger partial charge is 0.411 e. The van der Waals surface area contributed by atoms with Crippen LogP contribution in [0.15, 0.2) is 34.2 Å². The van der Waals surface area contributed by atoms with Gasteiger partial charge in [-0.3, -0.25) is 9.78 Å². The third-order valence-electron chi connectivity index (χ3n) is 3.03. The fourth-order valence-electron chi connectivity index (χ4n) is 1.86. The summed E-state index contributed by atoms with van der Waals surface area (Å²) in [6, 6.07) is 3.60. The van der Waals surface area contributed by atoms with E-state index in [-0.39, 0.29) is 11.2 Å². The van der Waals surface area contributed by atoms with E-state index in [4.69, 9.17) is 4.42 Å². The lowest BCUT2D eigenvalue weighted by atomic mass is 10.3. The van der Waals surface area contributed by atoms with Crippen LogP contribution in [0.1, 0.15) is 20.8 Å². The standard InChI is InChI=1S/C14H18N4O2S/c1-4-18(5-2)13(19)10(3)21-14-17-16-12(20-14)11-6-8-15-9-7-11/h6-10H,4-5H2,1-3H3. The van der Waals surface area contributed by atoms with Gasteiger partial charge in [-0.25, -0.2) is 0 Å². The van der Waals surface area contributed by atoms with Gasteiger partial charge in [0, 0.05) is 31.0 Å². The third-order valence-corrected chi connectivity index (χ3v) is 3.96. The minimum absolute atomic E-state index is 0.0775. The zero-order valence-electron chi connectivity index (χ0n) is 12.3. The Morgan fingerprint density at radius 2 is 1.95 bits per heavy atom. The maximum atomic E-state index is 12.2. The Bertz CT molecular complexity index is 584. The summed E-state index contributed by atoms with van der Waals surface area (Å²) in [6.07, 6.45) is 3.33. The molecule has 0 bridgehead atoms. The molecule has 2 rings (SSSR count). The molecule has 0 radical (unpaired) electrons. The fourth-order valence-corrected chi connectivity index (χ4v) is 2.63. The van der Waals surface area contributed by atoms with Crippen LogP contribution in [0.25, 0.3) is 11.5 Å². The van der Waals surface area contributed by atoms with Gasteiger partial charge >= 0.3 is 0 Å². The van der Waals surface area contributed by atoms with E-state index in [0.717, 1.165) is 5.56 Å². The highest BCUT2D eigenvalue weighted by Gasteiger charge is 2.22. The van der Waals surface area contributed by atoms with Crippen molar-refractivity contribution in [2.24, 2.45) is 0 Å². The lowest BCUT2D eigenvalue weighted by Gasteiger charge is -2.21. The maximum Gasteiger partial charge on any atom is 0.277 e. The first kappa shape index (κ1) is 15.5. The Balaban J connectivity index is 2.04. The van der Waals surface area contributed by atoms with Gasteiger partial charge in [0.2, 0.25) is 11.8 Å². The van der Waals surface area contributed by atoms with Crippen molar-refractivity contribution in [1.29, 1.82) is 0 Å². The van der Waals surface area contributed by atoms with Gasteiger partial charge in [0.1, 0.15) is 0 Å². The number of carbonyl (C=O) groups excluding carboxylic acids is 1. The van der Waals surface area contributed by atoms with Gasteiger partial charge in [0.25, 0.3) is 5.22 Å². The molecular weight excluding hydrogens is 288 g/mol. The van der Waals surface area contributed by atoms with Gasteiger partial charge in [-0.05, 0) is 32.9 Å². The summed E-state index contributed by atoms with van der Waals surface area (Å²) < 4.78 is 5.58. The van der Waals surface area contributed by atoms with Gasteiger partial charge in [-0.15, -0.1) is 10.2 Å². The van der Waals surface area contributed by atoms with Crippen LogP contribution in [0.5, 0.6) is 0 Å². The van der Waals surface area contributed by atoms with Crippen molar-refractivity contribution in [3.8, 4) is 11.5 Å². The monoisotopic (exact) mass is 306 g/mol. The van der Waals surface area contributed by atoms with E-state index >= 15 is 0 Å². The van der Waals surface area contributed by atoms with E-state index in [0.29, 0.717) is 24.2 Å². The molecule has 0 aliphatic heterocycles. The van der Waals surface area contributed by atoms with Crippen LogP contribution in [0.4, 0.5) is 0 Å². The van der Waals surface area contributed by atoms with Crippen LogP contribution in [-0.4, -0.2) is 44.3 Å². The van der Waals surface area contributed by atoms with Crippen LogP contribution in [0.3, 0.4) is 0 Å². The Kier molecular flexibility index (Phi) is 5.32. The van der Waals surface area contributed by atoms with Crippen molar-refractivity contribution >= 4 is 17.7 Å². The molecule has 21 heavy (non-hydrogen) atoms. The first-order chi connectivity index (χ1) is 10.2. The molecule has 6 nitrogen and oxygen atoms in total. The van der Waals surface area contributed by atoms with Gasteiger partial charge in [-0.2, -0.15) is 0 Å². The van der Waals surface area contributed by atoms with Crippen LogP contribution in [0.2, 0.25) is 0 Å². The number of thioether (sulfide) groups is 1. The number of aromatic nitrogens is 3. The summed E-state index contributed by atoms with van der Waals surface area (Å²) in [6.45, 7) is 7.18. The summed E-state index contributed by atoms with van der Waals surface area (Å²) in [5, 5.41) is 8.12. The van der Waals surface area contributed by atoms with Gasteiger partial charge in [0.15, 0.2) is 0 Å². The van der Waals surface area contributed by atoms with Crippen LogP contribution in [-0.2, 0) is 4.79 Å². The van der Waals surface area contributed by atoms with Crippen molar-refractivity contribution in [3.05, 3.63) is 24.5 Å². The summed E-state index contributed by atoms with van der Waals surface area (Å²) >= 11 is 1.28. The molecule has 0 fully saturated rings. The van der Waals surface area contributed by atoms with E-state index in [9.17, 15) is 4.79 Å². The van der Waals surface area contributed by atoms with E-state index in [1.807, 2.05) is 20.8 Å². The molecular formula is C14H18N4O2S. The lowest BCUT2D eigenvalue weighted by Crippen LogP contribution is -2.36. The first-order valence-corrected chi connectivity index (χ1v) is 7.73. The van der Waals surface area contributed by atoms with Crippen molar-refractivity contribution in [1.82, 2.24) is 20.1 Å². The van der Waals surface area contributed by atoms with Crippen molar-refractivity contribution in [2.45, 2.75) is 31.2 Å². The highest BCUT2D eigenvalue weighted by Crippen LogP contribution is 2.26. The topological polar surface area (TPSA) is 72.1 Å². The van der Waals surface area contributed by atoms with Crippen LogP contribution in [0, 0.1) is 0 Å². The SMILES string of the molecule is CCN(CC)C(=O)C(C)Sc1nnc(-c2ccncc2)o1. The average Bonchev–Trinajstić information content (AvgIpc) is 2.97. The van der Waals surface area contributed by atoms with E-state index in [1.54, 1.807) is 29.4 Å². The minimum Gasteiger partial charge on any atom is -0.411 e. The lowest BCUT2D eigenvalue weighted by molar-refractivity contribution is -0.129. The first-order valence-electron chi connectivity index (χ1n) is 6.85. The zero-order chi connectivity index (χ0) is 15.2. The summed E-state index contributed by atoms with van der Waals surface area (Å²) in [7, 11) is 0. The molecule has 2 heterocycles. The Hall–Kier alpha value is -1.89. The van der Waals surface area contributed by atoms with E-state index < -0.39 is 0 Å². The Labute approximate surface area is 128 Å². The number of hydrogen-bond donors (Lipinski definition) is 0. The zero-order valence-corrected chi connectivity index (χ0v) is 13.1. The molecule has 112 valence electrons. The Morgan fingerprint density at radius 3 is 2.57 bits per heavy atom. The maximum absolute atomic E-state index is 12.2. The highest BCUT2D eigenvalue weighted by atomic mass is 32.2. The highest BCUT2D eigenvalue weighted by molar-refractivity contribution is 8.00. The molecule has 1 atom stereocenters. The number of nitrogens with zero attached hydrogens (tertiary/aromatic N) is 4. The summed E-state index contributed by atoms with van der Waals surface area (Å²) in [5.41, 5.74) is 0.812. The molecule has 2 aromatic heterocycles. The minimum atomic E-state index is -0.254. The molecule has 0 aromatic carbocycles. The molecule has 2 aromatic rings. The number of rotatable bonds is 6. The molecule has 1 amide bonds. The van der Waals surface area contributed by atoms with Gasteiger partial charge in [0.05, 0.1) is 5.25 Å². The molecule has 0 aliphatic rings. The van der Waals surface area contributed by atoms with Crippen LogP contribution < -0.4 is 0 Å².